The van der Waals surface area contributed by atoms with Crippen LogP contribution in [0.1, 0.15) is 11.4 Å². The largest absolute Gasteiger partial charge is 0.411 e. The van der Waals surface area contributed by atoms with Crippen LogP contribution < -0.4 is 0 Å². The van der Waals surface area contributed by atoms with Crippen LogP contribution in [0.2, 0.25) is 0 Å². The van der Waals surface area contributed by atoms with Gasteiger partial charge in [-0.25, -0.2) is 9.97 Å². The van der Waals surface area contributed by atoms with E-state index in [4.69, 9.17) is 11.6 Å². The van der Waals surface area contributed by atoms with Gasteiger partial charge in [0.2, 0.25) is 0 Å². The van der Waals surface area contributed by atoms with Crippen molar-refractivity contribution in [1.82, 2.24) is 14.5 Å². The molecule has 2 aromatic rings. The van der Waals surface area contributed by atoms with Gasteiger partial charge in [-0.2, -0.15) is 13.2 Å². The van der Waals surface area contributed by atoms with Crippen LogP contribution in [0, 0.1) is 6.92 Å². The van der Waals surface area contributed by atoms with Crippen molar-refractivity contribution in [3.8, 4) is 0 Å². The van der Waals surface area contributed by atoms with Crippen LogP contribution in [-0.4, -0.2) is 39.8 Å². The average Bonchev–Trinajstić information content (AvgIpc) is 2.74. The first-order valence-corrected chi connectivity index (χ1v) is 6.97. The molecule has 4 nitrogen and oxygen atoms in total. The number of ether oxygens (including phenoxy) is 1. The van der Waals surface area contributed by atoms with Gasteiger partial charge in [-0.3, -0.25) is 0 Å². The number of aryl methyl sites for hydroxylation is 2. The number of aromatic nitrogens is 3. The molecule has 0 aliphatic carbocycles. The lowest BCUT2D eigenvalue weighted by atomic mass is 10.3. The molecular weight excluding hydrogens is 307 g/mol. The molecule has 2 aromatic heterocycles. The van der Waals surface area contributed by atoms with E-state index in [0.29, 0.717) is 23.8 Å². The minimum atomic E-state index is -4.31. The highest BCUT2D eigenvalue weighted by atomic mass is 35.5. The Morgan fingerprint density at radius 2 is 2.14 bits per heavy atom. The Labute approximate surface area is 124 Å². The molecular formula is C13H15ClF3N3O. The summed E-state index contributed by atoms with van der Waals surface area (Å²) >= 11 is 5.74. The predicted octanol–water partition coefficient (Wildman–Crippen LogP) is 3.10. The zero-order valence-electron chi connectivity index (χ0n) is 11.5. The van der Waals surface area contributed by atoms with E-state index in [1.165, 1.54) is 0 Å². The SMILES string of the molecule is Cc1ccnc2c1nc(CCCl)n2CCOCC(F)(F)F. The lowest BCUT2D eigenvalue weighted by Gasteiger charge is -2.10. The van der Waals surface area contributed by atoms with Gasteiger partial charge in [0.25, 0.3) is 0 Å². The Hall–Kier alpha value is -1.34. The maximum absolute atomic E-state index is 12.1. The zero-order valence-corrected chi connectivity index (χ0v) is 12.2. The number of fused-ring (bicyclic) bond motifs is 1. The van der Waals surface area contributed by atoms with E-state index in [2.05, 4.69) is 14.7 Å². The Balaban J connectivity index is 2.17. The topological polar surface area (TPSA) is 39.9 Å². The van der Waals surface area contributed by atoms with E-state index >= 15 is 0 Å². The standard InChI is InChI=1S/C13H15ClF3N3O/c1-9-3-5-18-12-11(9)19-10(2-4-14)20(12)6-7-21-8-13(15,16)17/h3,5H,2,4,6-8H2,1H3. The minimum absolute atomic E-state index is 0.0596. The smallest absolute Gasteiger partial charge is 0.370 e. The van der Waals surface area contributed by atoms with Crippen molar-refractivity contribution < 1.29 is 17.9 Å². The molecule has 0 N–H and O–H groups in total. The van der Waals surface area contributed by atoms with Crippen molar-refractivity contribution in [2.75, 3.05) is 19.1 Å². The molecule has 0 saturated carbocycles. The third-order valence-electron chi connectivity index (χ3n) is 2.96. The molecule has 0 atom stereocenters. The van der Waals surface area contributed by atoms with Gasteiger partial charge in [-0.05, 0) is 18.6 Å². The molecule has 0 amide bonds. The molecule has 2 rings (SSSR count). The number of nitrogens with zero attached hydrogens (tertiary/aromatic N) is 3. The first-order valence-electron chi connectivity index (χ1n) is 6.43. The highest BCUT2D eigenvalue weighted by molar-refractivity contribution is 6.17. The maximum Gasteiger partial charge on any atom is 0.411 e. The van der Waals surface area contributed by atoms with Crippen LogP contribution in [0.5, 0.6) is 0 Å². The maximum atomic E-state index is 12.1. The average molecular weight is 322 g/mol. The predicted molar refractivity (Wildman–Crippen MR) is 73.6 cm³/mol. The lowest BCUT2D eigenvalue weighted by Crippen LogP contribution is -2.19. The Morgan fingerprint density at radius 3 is 2.81 bits per heavy atom. The van der Waals surface area contributed by atoms with Crippen LogP contribution in [0.4, 0.5) is 13.2 Å². The second-order valence-electron chi connectivity index (χ2n) is 4.59. The second-order valence-corrected chi connectivity index (χ2v) is 4.96. The number of rotatable bonds is 6. The quantitative estimate of drug-likeness (QED) is 0.606. The number of imidazole rings is 1. The van der Waals surface area contributed by atoms with Crippen LogP contribution >= 0.6 is 11.6 Å². The summed E-state index contributed by atoms with van der Waals surface area (Å²) in [6, 6.07) is 1.84. The summed E-state index contributed by atoms with van der Waals surface area (Å²) in [7, 11) is 0. The van der Waals surface area contributed by atoms with E-state index in [0.717, 1.165) is 11.1 Å². The normalized spacial score (nSPS) is 12.2. The van der Waals surface area contributed by atoms with E-state index in [1.54, 1.807) is 10.8 Å². The van der Waals surface area contributed by atoms with Crippen LogP contribution in [0.3, 0.4) is 0 Å². The van der Waals surface area contributed by atoms with Crippen molar-refractivity contribution in [1.29, 1.82) is 0 Å². The van der Waals surface area contributed by atoms with Gasteiger partial charge in [0.1, 0.15) is 17.9 Å². The van der Waals surface area contributed by atoms with Gasteiger partial charge in [0, 0.05) is 25.0 Å². The van der Waals surface area contributed by atoms with Gasteiger partial charge in [-0.15, -0.1) is 11.6 Å². The highest BCUT2D eigenvalue weighted by Crippen LogP contribution is 2.19. The molecule has 0 saturated heterocycles. The number of alkyl halides is 4. The Bertz CT molecular complexity index is 612. The molecule has 21 heavy (non-hydrogen) atoms. The molecule has 0 aliphatic rings. The van der Waals surface area contributed by atoms with Crippen molar-refractivity contribution in [2.45, 2.75) is 26.1 Å². The van der Waals surface area contributed by atoms with Gasteiger partial charge >= 0.3 is 6.18 Å². The summed E-state index contributed by atoms with van der Waals surface area (Å²) in [6.07, 6.45) is -2.14. The van der Waals surface area contributed by atoms with Crippen molar-refractivity contribution in [2.24, 2.45) is 0 Å². The van der Waals surface area contributed by atoms with E-state index in [1.807, 2.05) is 13.0 Å². The fourth-order valence-corrected chi connectivity index (χ4v) is 2.21. The number of pyridine rings is 1. The Kier molecular flexibility index (Phi) is 5.05. The van der Waals surface area contributed by atoms with Gasteiger partial charge < -0.3 is 9.30 Å². The first kappa shape index (κ1) is 16.0. The third kappa shape index (κ3) is 4.07. The summed E-state index contributed by atoms with van der Waals surface area (Å²) in [5.74, 6) is 1.09. The van der Waals surface area contributed by atoms with E-state index < -0.39 is 12.8 Å². The van der Waals surface area contributed by atoms with Crippen molar-refractivity contribution in [3.05, 3.63) is 23.7 Å². The summed E-state index contributed by atoms with van der Waals surface area (Å²) < 4.78 is 42.6. The Morgan fingerprint density at radius 1 is 1.38 bits per heavy atom. The fourth-order valence-electron chi connectivity index (χ4n) is 2.04. The van der Waals surface area contributed by atoms with Crippen LogP contribution in [0.15, 0.2) is 12.3 Å². The molecule has 0 unspecified atom stereocenters. The molecule has 0 spiro atoms. The molecule has 0 bridgehead atoms. The second kappa shape index (κ2) is 6.62. The first-order chi connectivity index (χ1) is 9.92. The fraction of sp³-hybridized carbons (Fsp3) is 0.538. The summed E-state index contributed by atoms with van der Waals surface area (Å²) in [5, 5.41) is 0. The van der Waals surface area contributed by atoms with E-state index in [9.17, 15) is 13.2 Å². The number of hydrogen-bond donors (Lipinski definition) is 0. The van der Waals surface area contributed by atoms with Crippen molar-refractivity contribution in [3.63, 3.8) is 0 Å². The molecule has 8 heteroatoms. The molecule has 0 aliphatic heterocycles. The third-order valence-corrected chi connectivity index (χ3v) is 3.15. The van der Waals surface area contributed by atoms with Gasteiger partial charge in [-0.1, -0.05) is 0 Å². The van der Waals surface area contributed by atoms with Gasteiger partial charge in [0.15, 0.2) is 5.65 Å². The molecule has 2 heterocycles. The summed E-state index contributed by atoms with van der Waals surface area (Å²) in [4.78, 5) is 8.72. The molecule has 0 fully saturated rings. The molecule has 0 radical (unpaired) electrons. The van der Waals surface area contributed by atoms with Crippen LogP contribution in [-0.2, 0) is 17.7 Å². The van der Waals surface area contributed by atoms with Crippen LogP contribution in [0.25, 0.3) is 11.2 Å². The minimum Gasteiger partial charge on any atom is -0.370 e. The van der Waals surface area contributed by atoms with Crippen molar-refractivity contribution >= 4 is 22.8 Å². The van der Waals surface area contributed by atoms with Gasteiger partial charge in [0.05, 0.1) is 6.61 Å². The lowest BCUT2D eigenvalue weighted by molar-refractivity contribution is -0.174. The highest BCUT2D eigenvalue weighted by Gasteiger charge is 2.27. The summed E-state index contributed by atoms with van der Waals surface area (Å²) in [6.45, 7) is 0.855. The number of halogens is 4. The number of hydrogen-bond acceptors (Lipinski definition) is 3. The van der Waals surface area contributed by atoms with E-state index in [-0.39, 0.29) is 13.2 Å². The zero-order chi connectivity index (χ0) is 15.5. The monoisotopic (exact) mass is 321 g/mol. The molecule has 0 aromatic carbocycles. The summed E-state index contributed by atoms with van der Waals surface area (Å²) in [5.41, 5.74) is 2.35. The molecule has 116 valence electrons.